The van der Waals surface area contributed by atoms with Crippen LogP contribution in [-0.2, 0) is 23.1 Å². The van der Waals surface area contributed by atoms with Crippen LogP contribution in [0.15, 0.2) is 23.0 Å². The minimum Gasteiger partial charge on any atom is -0.387 e. The molecule has 14 heteroatoms. The molecule has 1 aliphatic rings. The molecule has 0 aliphatic carbocycles. The number of nitrogens with one attached hydrogen (secondary N) is 2. The molecule has 2 aromatic rings. The van der Waals surface area contributed by atoms with E-state index in [1.54, 1.807) is 27.7 Å². The quantitative estimate of drug-likeness (QED) is 0.376. The van der Waals surface area contributed by atoms with Gasteiger partial charge in [-0.05, 0) is 19.9 Å². The van der Waals surface area contributed by atoms with Crippen LogP contribution in [0.3, 0.4) is 0 Å². The second-order valence-corrected chi connectivity index (χ2v) is 9.47. The molecule has 4 unspecified atom stereocenters. The molecule has 3 heterocycles. The summed E-state index contributed by atoms with van der Waals surface area (Å²) in [6, 6.07) is 0. The van der Waals surface area contributed by atoms with E-state index in [1.807, 2.05) is 0 Å². The number of aromatic nitrogens is 4. The van der Waals surface area contributed by atoms with Crippen molar-refractivity contribution in [3.05, 3.63) is 28.6 Å². The number of carbonyl (C=O) groups is 1. The third kappa shape index (κ3) is 5.40. The van der Waals surface area contributed by atoms with E-state index in [0.29, 0.717) is 0 Å². The van der Waals surface area contributed by atoms with Crippen molar-refractivity contribution in [3.8, 4) is 0 Å². The number of aliphatic hydroxyl groups is 2. The van der Waals surface area contributed by atoms with Gasteiger partial charge in [0.2, 0.25) is 11.9 Å². The van der Waals surface area contributed by atoms with Crippen LogP contribution in [0.4, 0.5) is 5.95 Å². The molecule has 0 radical (unpaired) electrons. The molecule has 3 rings (SSSR count). The van der Waals surface area contributed by atoms with E-state index in [0.717, 1.165) is 0 Å². The van der Waals surface area contributed by atoms with E-state index < -0.39 is 37.7 Å². The summed E-state index contributed by atoms with van der Waals surface area (Å²) in [6.07, 6.45) is -2.50. The number of amides is 1. The van der Waals surface area contributed by atoms with Crippen LogP contribution in [0.5, 0.6) is 0 Å². The number of aliphatic hydroxyl groups excluding tert-OH is 2. The summed E-state index contributed by atoms with van der Waals surface area (Å²) in [7, 11) is -3.54. The van der Waals surface area contributed by atoms with E-state index >= 15 is 0 Å². The topological polar surface area (TPSA) is 178 Å². The molecular formula is C19H28N5O8P. The van der Waals surface area contributed by atoms with E-state index in [1.165, 1.54) is 22.8 Å². The van der Waals surface area contributed by atoms with Crippen LogP contribution >= 0.6 is 7.60 Å². The highest BCUT2D eigenvalue weighted by molar-refractivity contribution is 7.57. The second kappa shape index (κ2) is 10.2. The number of H-pyrrole nitrogens is 1. The molecular weight excluding hydrogens is 457 g/mol. The van der Waals surface area contributed by atoms with Crippen LogP contribution in [0.25, 0.3) is 11.2 Å². The SMILES string of the molecule is CCOP(=O)(C=CC1OC(n2cnc3c(=O)[nH]c(NC(=O)C(C)C)nc32)C(O)C1O)OCC. The number of anilines is 1. The normalized spacial score (nSPS) is 23.7. The number of carbonyl (C=O) groups excluding carboxylic acids is 1. The molecule has 4 atom stereocenters. The molecule has 1 aliphatic heterocycles. The van der Waals surface area contributed by atoms with Crippen LogP contribution in [-0.4, -0.2) is 67.2 Å². The lowest BCUT2D eigenvalue weighted by Crippen LogP contribution is -2.30. The van der Waals surface area contributed by atoms with Gasteiger partial charge in [0.25, 0.3) is 5.56 Å². The first-order valence-corrected chi connectivity index (χ1v) is 12.1. The predicted molar refractivity (Wildman–Crippen MR) is 118 cm³/mol. The number of ether oxygens (including phenoxy) is 1. The lowest BCUT2D eigenvalue weighted by atomic mass is 10.1. The van der Waals surface area contributed by atoms with Crippen molar-refractivity contribution in [2.24, 2.45) is 5.92 Å². The first-order chi connectivity index (χ1) is 15.6. The summed E-state index contributed by atoms with van der Waals surface area (Å²) in [6.45, 7) is 7.00. The van der Waals surface area contributed by atoms with Crippen molar-refractivity contribution in [2.75, 3.05) is 18.5 Å². The third-order valence-corrected chi connectivity index (χ3v) is 6.60. The molecule has 13 nitrogen and oxygen atoms in total. The highest BCUT2D eigenvalue weighted by Gasteiger charge is 2.43. The molecule has 4 N–H and O–H groups in total. The molecule has 1 amide bonds. The predicted octanol–water partition coefficient (Wildman–Crippen LogP) is 1.11. The number of nitrogens with zero attached hydrogens (tertiary/aromatic N) is 3. The van der Waals surface area contributed by atoms with Crippen molar-refractivity contribution in [1.29, 1.82) is 0 Å². The van der Waals surface area contributed by atoms with Crippen molar-refractivity contribution < 1.29 is 33.4 Å². The van der Waals surface area contributed by atoms with Crippen LogP contribution < -0.4 is 10.9 Å². The maximum absolute atomic E-state index is 12.6. The zero-order valence-corrected chi connectivity index (χ0v) is 19.6. The average Bonchev–Trinajstić information content (AvgIpc) is 3.28. The summed E-state index contributed by atoms with van der Waals surface area (Å²) < 4.78 is 30.0. The Hall–Kier alpha value is -2.41. The minimum absolute atomic E-state index is 0.0352. The molecule has 0 saturated carbocycles. The number of hydrogen-bond acceptors (Lipinski definition) is 10. The van der Waals surface area contributed by atoms with Crippen LogP contribution in [0.2, 0.25) is 0 Å². The Morgan fingerprint density at radius 2 is 2.00 bits per heavy atom. The van der Waals surface area contributed by atoms with E-state index in [-0.39, 0.29) is 42.2 Å². The highest BCUT2D eigenvalue weighted by atomic mass is 31.2. The molecule has 2 aromatic heterocycles. The van der Waals surface area contributed by atoms with Gasteiger partial charge in [-0.1, -0.05) is 13.8 Å². The van der Waals surface area contributed by atoms with Gasteiger partial charge in [-0.3, -0.25) is 29.0 Å². The third-order valence-electron chi connectivity index (χ3n) is 4.82. The largest absolute Gasteiger partial charge is 0.387 e. The van der Waals surface area contributed by atoms with Crippen molar-refractivity contribution >= 4 is 30.6 Å². The number of rotatable bonds is 9. The fourth-order valence-electron chi connectivity index (χ4n) is 3.18. The molecule has 1 fully saturated rings. The molecule has 0 aromatic carbocycles. The molecule has 1 saturated heterocycles. The smallest absolute Gasteiger partial charge is 0.353 e. The minimum atomic E-state index is -3.54. The maximum atomic E-state index is 12.6. The Balaban J connectivity index is 1.90. The van der Waals surface area contributed by atoms with Gasteiger partial charge < -0.3 is 24.0 Å². The number of fused-ring (bicyclic) bond motifs is 1. The average molecular weight is 485 g/mol. The Kier molecular flexibility index (Phi) is 7.83. The van der Waals surface area contributed by atoms with Gasteiger partial charge in [0.15, 0.2) is 17.4 Å². The summed E-state index contributed by atoms with van der Waals surface area (Å²) in [5.74, 6) is 0.390. The second-order valence-electron chi connectivity index (χ2n) is 7.57. The first kappa shape index (κ1) is 25.2. The zero-order chi connectivity index (χ0) is 24.3. The monoisotopic (exact) mass is 485 g/mol. The van der Waals surface area contributed by atoms with Crippen molar-refractivity contribution in [2.45, 2.75) is 52.2 Å². The van der Waals surface area contributed by atoms with Crippen LogP contribution in [0, 0.1) is 5.92 Å². The van der Waals surface area contributed by atoms with Gasteiger partial charge >= 0.3 is 7.60 Å². The Morgan fingerprint density at radius 1 is 1.33 bits per heavy atom. The molecule has 33 heavy (non-hydrogen) atoms. The summed E-state index contributed by atoms with van der Waals surface area (Å²) >= 11 is 0. The summed E-state index contributed by atoms with van der Waals surface area (Å²) in [5, 5.41) is 23.5. The lowest BCUT2D eigenvalue weighted by Gasteiger charge is -2.16. The fraction of sp³-hybridized carbons (Fsp3) is 0.579. The van der Waals surface area contributed by atoms with Gasteiger partial charge in [-0.2, -0.15) is 4.98 Å². The summed E-state index contributed by atoms with van der Waals surface area (Å²) in [4.78, 5) is 35.0. The number of hydrogen-bond donors (Lipinski definition) is 4. The number of aromatic amines is 1. The number of imidazole rings is 1. The zero-order valence-electron chi connectivity index (χ0n) is 18.7. The Bertz CT molecular complexity index is 1120. The molecule has 0 bridgehead atoms. The first-order valence-electron chi connectivity index (χ1n) is 10.5. The lowest BCUT2D eigenvalue weighted by molar-refractivity contribution is -0.118. The molecule has 0 spiro atoms. The Morgan fingerprint density at radius 3 is 2.61 bits per heavy atom. The maximum Gasteiger partial charge on any atom is 0.353 e. The van der Waals surface area contributed by atoms with E-state index in [9.17, 15) is 24.4 Å². The van der Waals surface area contributed by atoms with E-state index in [2.05, 4.69) is 20.3 Å². The highest BCUT2D eigenvalue weighted by Crippen LogP contribution is 2.50. The van der Waals surface area contributed by atoms with E-state index in [4.69, 9.17) is 13.8 Å². The van der Waals surface area contributed by atoms with Crippen LogP contribution in [0.1, 0.15) is 33.9 Å². The summed E-state index contributed by atoms with van der Waals surface area (Å²) in [5.41, 5.74) is -0.608. The fourth-order valence-corrected chi connectivity index (χ4v) is 4.53. The standard InChI is InChI=1S/C19H28N5O8P/c1-5-30-33(29,31-6-2)8-7-11-13(25)14(26)18(32-11)24-9-20-12-15(24)21-19(23-17(12)28)22-16(27)10(3)4/h7-11,13-14,18,25-26H,5-6H2,1-4H3,(H2,21,22,23,27,28). The van der Waals surface area contributed by atoms with Gasteiger partial charge in [-0.15, -0.1) is 0 Å². The van der Waals surface area contributed by atoms with Gasteiger partial charge in [0.1, 0.15) is 18.3 Å². The van der Waals surface area contributed by atoms with Crippen molar-refractivity contribution in [3.63, 3.8) is 0 Å². The van der Waals surface area contributed by atoms with Gasteiger partial charge in [0, 0.05) is 11.7 Å². The van der Waals surface area contributed by atoms with Gasteiger partial charge in [-0.25, -0.2) is 4.98 Å². The Labute approximate surface area is 189 Å². The molecule has 182 valence electrons. The van der Waals surface area contributed by atoms with Crippen molar-refractivity contribution in [1.82, 2.24) is 19.5 Å². The van der Waals surface area contributed by atoms with Gasteiger partial charge in [0.05, 0.1) is 19.5 Å².